The van der Waals surface area contributed by atoms with Crippen molar-refractivity contribution in [3.8, 4) is 0 Å². The van der Waals surface area contributed by atoms with E-state index in [1.807, 2.05) is 0 Å². The van der Waals surface area contributed by atoms with Crippen molar-refractivity contribution in [3.63, 3.8) is 0 Å². The number of amides is 1. The minimum absolute atomic E-state index is 0.00796. The first kappa shape index (κ1) is 8.94. The topological polar surface area (TPSA) is 66.4 Å². The molecule has 0 bridgehead atoms. The van der Waals surface area contributed by atoms with Gasteiger partial charge in [-0.3, -0.25) is 0 Å². The lowest BCUT2D eigenvalue weighted by molar-refractivity contribution is -0.110. The van der Waals surface area contributed by atoms with Crippen molar-refractivity contribution in [2.75, 3.05) is 0 Å². The molecule has 0 fully saturated rings. The zero-order chi connectivity index (χ0) is 8.15. The third-order valence-corrected chi connectivity index (χ3v) is 1.15. The smallest absolute Gasteiger partial charge is 0.405 e. The molecular formula is C6H11NO3. The van der Waals surface area contributed by atoms with Crippen molar-refractivity contribution in [1.29, 1.82) is 0 Å². The third-order valence-electron chi connectivity index (χ3n) is 1.15. The minimum Gasteiger partial charge on any atom is -0.465 e. The lowest BCUT2D eigenvalue weighted by Crippen LogP contribution is -2.38. The quantitative estimate of drug-likeness (QED) is 0.567. The molecule has 4 nitrogen and oxygen atoms in total. The van der Waals surface area contributed by atoms with Gasteiger partial charge in [-0.1, -0.05) is 13.8 Å². The van der Waals surface area contributed by atoms with Gasteiger partial charge in [-0.2, -0.15) is 0 Å². The molecule has 0 heterocycles. The molecule has 0 aromatic rings. The molecule has 0 aromatic heterocycles. The summed E-state index contributed by atoms with van der Waals surface area (Å²) in [6.45, 7) is 3.55. The first-order chi connectivity index (χ1) is 4.57. The fourth-order valence-electron chi connectivity index (χ4n) is 0.500. The van der Waals surface area contributed by atoms with Gasteiger partial charge < -0.3 is 15.2 Å². The molecule has 4 heteroatoms. The Kier molecular flexibility index (Phi) is 3.46. The summed E-state index contributed by atoms with van der Waals surface area (Å²) >= 11 is 0. The van der Waals surface area contributed by atoms with Gasteiger partial charge in [0.1, 0.15) is 6.29 Å². The standard InChI is InChI=1S/C6H11NO3/c1-4(2)5(3-8)7-6(9)10/h3-5,7H,1-2H3,(H,9,10)/t5-/m1/s1. The molecule has 0 radical (unpaired) electrons. The maximum Gasteiger partial charge on any atom is 0.405 e. The van der Waals surface area contributed by atoms with Crippen LogP contribution < -0.4 is 5.32 Å². The van der Waals surface area contributed by atoms with Crippen LogP contribution in [0.15, 0.2) is 0 Å². The van der Waals surface area contributed by atoms with Crippen LogP contribution in [-0.4, -0.2) is 23.5 Å². The molecule has 0 aliphatic heterocycles. The summed E-state index contributed by atoms with van der Waals surface area (Å²) in [6, 6.07) is -0.586. The number of carbonyl (C=O) groups excluding carboxylic acids is 1. The van der Waals surface area contributed by atoms with Crippen LogP contribution >= 0.6 is 0 Å². The summed E-state index contributed by atoms with van der Waals surface area (Å²) in [7, 11) is 0. The van der Waals surface area contributed by atoms with Crippen molar-refractivity contribution in [2.24, 2.45) is 5.92 Å². The summed E-state index contributed by atoms with van der Waals surface area (Å²) in [5.41, 5.74) is 0. The van der Waals surface area contributed by atoms with Crippen LogP contribution in [0.1, 0.15) is 13.8 Å². The summed E-state index contributed by atoms with van der Waals surface area (Å²) in [4.78, 5) is 20.2. The average Bonchev–Trinajstić information content (AvgIpc) is 1.81. The molecule has 0 aliphatic carbocycles. The summed E-state index contributed by atoms with van der Waals surface area (Å²) < 4.78 is 0. The zero-order valence-electron chi connectivity index (χ0n) is 6.00. The second-order valence-electron chi connectivity index (χ2n) is 2.36. The van der Waals surface area contributed by atoms with Crippen molar-refractivity contribution in [3.05, 3.63) is 0 Å². The van der Waals surface area contributed by atoms with Gasteiger partial charge in [-0.05, 0) is 5.92 Å². The highest BCUT2D eigenvalue weighted by molar-refractivity contribution is 5.71. The highest BCUT2D eigenvalue weighted by atomic mass is 16.4. The van der Waals surface area contributed by atoms with Crippen molar-refractivity contribution in [2.45, 2.75) is 19.9 Å². The fourth-order valence-corrected chi connectivity index (χ4v) is 0.500. The van der Waals surface area contributed by atoms with E-state index in [1.165, 1.54) is 0 Å². The van der Waals surface area contributed by atoms with Gasteiger partial charge in [0.05, 0.1) is 6.04 Å². The number of hydrogen-bond donors (Lipinski definition) is 2. The molecular weight excluding hydrogens is 134 g/mol. The van der Waals surface area contributed by atoms with E-state index >= 15 is 0 Å². The van der Waals surface area contributed by atoms with Crippen molar-refractivity contribution in [1.82, 2.24) is 5.32 Å². The Morgan fingerprint density at radius 2 is 2.10 bits per heavy atom. The van der Waals surface area contributed by atoms with Crippen LogP contribution in [0.5, 0.6) is 0 Å². The summed E-state index contributed by atoms with van der Waals surface area (Å²) in [5, 5.41) is 10.3. The van der Waals surface area contributed by atoms with Gasteiger partial charge in [0.25, 0.3) is 0 Å². The molecule has 58 valence electrons. The van der Waals surface area contributed by atoms with E-state index in [4.69, 9.17) is 5.11 Å². The molecule has 0 saturated heterocycles. The monoisotopic (exact) mass is 145 g/mol. The maximum atomic E-state index is 10.2. The first-order valence-electron chi connectivity index (χ1n) is 3.02. The van der Waals surface area contributed by atoms with Gasteiger partial charge in [-0.15, -0.1) is 0 Å². The Hall–Kier alpha value is -1.06. The third kappa shape index (κ3) is 3.06. The number of rotatable bonds is 3. The fraction of sp³-hybridized carbons (Fsp3) is 0.667. The molecule has 0 unspecified atom stereocenters. The van der Waals surface area contributed by atoms with Crippen LogP contribution in [0, 0.1) is 5.92 Å². The number of carboxylic acid groups (broad SMARTS) is 1. The van der Waals surface area contributed by atoms with E-state index in [2.05, 4.69) is 5.32 Å². The Balaban J connectivity index is 3.83. The largest absolute Gasteiger partial charge is 0.465 e. The molecule has 0 aliphatic rings. The summed E-state index contributed by atoms with van der Waals surface area (Å²) in [5.74, 6) is 0.00796. The van der Waals surface area contributed by atoms with E-state index in [-0.39, 0.29) is 5.92 Å². The highest BCUT2D eigenvalue weighted by Crippen LogP contribution is 1.97. The highest BCUT2D eigenvalue weighted by Gasteiger charge is 2.13. The normalized spacial score (nSPS) is 12.7. The van der Waals surface area contributed by atoms with Crippen LogP contribution in [0.3, 0.4) is 0 Å². The maximum absolute atomic E-state index is 10.2. The van der Waals surface area contributed by atoms with Crippen molar-refractivity contribution < 1.29 is 14.7 Å². The molecule has 0 spiro atoms. The van der Waals surface area contributed by atoms with Crippen LogP contribution in [0.25, 0.3) is 0 Å². The van der Waals surface area contributed by atoms with Gasteiger partial charge in [0.2, 0.25) is 0 Å². The zero-order valence-corrected chi connectivity index (χ0v) is 6.00. The predicted octanol–water partition coefficient (Wildman–Crippen LogP) is 0.478. The van der Waals surface area contributed by atoms with Gasteiger partial charge >= 0.3 is 6.09 Å². The van der Waals surface area contributed by atoms with Crippen molar-refractivity contribution >= 4 is 12.4 Å². The first-order valence-corrected chi connectivity index (χ1v) is 3.02. The van der Waals surface area contributed by atoms with E-state index in [1.54, 1.807) is 13.8 Å². The minimum atomic E-state index is -1.16. The van der Waals surface area contributed by atoms with Crippen LogP contribution in [0.2, 0.25) is 0 Å². The Labute approximate surface area is 59.2 Å². The Morgan fingerprint density at radius 3 is 2.20 bits per heavy atom. The summed E-state index contributed by atoms with van der Waals surface area (Å²) in [6.07, 6.45) is -0.565. The number of hydrogen-bond acceptors (Lipinski definition) is 2. The molecule has 0 aromatic carbocycles. The number of nitrogens with one attached hydrogen (secondary N) is 1. The van der Waals surface area contributed by atoms with E-state index in [0.717, 1.165) is 0 Å². The molecule has 10 heavy (non-hydrogen) atoms. The average molecular weight is 145 g/mol. The van der Waals surface area contributed by atoms with Gasteiger partial charge in [0, 0.05) is 0 Å². The predicted molar refractivity (Wildman–Crippen MR) is 35.9 cm³/mol. The van der Waals surface area contributed by atoms with E-state index in [0.29, 0.717) is 6.29 Å². The van der Waals surface area contributed by atoms with Gasteiger partial charge in [0.15, 0.2) is 0 Å². The molecule has 2 N–H and O–H groups in total. The van der Waals surface area contributed by atoms with Gasteiger partial charge in [-0.25, -0.2) is 4.79 Å². The lowest BCUT2D eigenvalue weighted by Gasteiger charge is -2.12. The van der Waals surface area contributed by atoms with Crippen LogP contribution in [-0.2, 0) is 4.79 Å². The second-order valence-corrected chi connectivity index (χ2v) is 2.36. The van der Waals surface area contributed by atoms with Crippen LogP contribution in [0.4, 0.5) is 4.79 Å². The van der Waals surface area contributed by atoms with E-state index < -0.39 is 12.1 Å². The molecule has 1 atom stereocenters. The lowest BCUT2D eigenvalue weighted by atomic mass is 10.1. The molecule has 0 rings (SSSR count). The Morgan fingerprint density at radius 1 is 1.60 bits per heavy atom. The number of carbonyl (C=O) groups is 2. The van der Waals surface area contributed by atoms with E-state index in [9.17, 15) is 9.59 Å². The second kappa shape index (κ2) is 3.87. The molecule has 0 saturated carbocycles. The Bertz CT molecular complexity index is 133. The molecule has 1 amide bonds. The number of aldehydes is 1. The SMILES string of the molecule is CC(C)[C@@H](C=O)NC(=O)O.